The molecule has 1 N–H and O–H groups in total. The smallest absolute Gasteiger partial charge is 0.233 e. The monoisotopic (exact) mass is 419 g/mol. The van der Waals surface area contributed by atoms with Crippen LogP contribution in [0.4, 0.5) is 5.13 Å². The third-order valence-corrected chi connectivity index (χ3v) is 7.69. The molecule has 27 heavy (non-hydrogen) atoms. The number of thiazole rings is 1. The zero-order chi connectivity index (χ0) is 18.6. The average molecular weight is 420 g/mol. The van der Waals surface area contributed by atoms with E-state index in [0.717, 1.165) is 52.5 Å². The van der Waals surface area contributed by atoms with Gasteiger partial charge in [-0.1, -0.05) is 35.2 Å². The molecule has 1 amide bonds. The lowest BCUT2D eigenvalue weighted by Gasteiger charge is -2.31. The molecule has 4 rings (SSSR count). The number of hydrogen-bond donors (Lipinski definition) is 1. The molecule has 1 aromatic carbocycles. The van der Waals surface area contributed by atoms with Crippen molar-refractivity contribution in [2.45, 2.75) is 30.0 Å². The van der Waals surface area contributed by atoms with Gasteiger partial charge in [0.15, 0.2) is 4.34 Å². The molecule has 1 aliphatic heterocycles. The number of carbonyl (C=O) groups is 1. The van der Waals surface area contributed by atoms with E-state index in [0.29, 0.717) is 11.7 Å². The van der Waals surface area contributed by atoms with Crippen molar-refractivity contribution in [3.8, 4) is 0 Å². The van der Waals surface area contributed by atoms with E-state index in [-0.39, 0.29) is 5.91 Å². The Kier molecular flexibility index (Phi) is 5.89. The molecular weight excluding hydrogens is 398 g/mol. The highest BCUT2D eigenvalue weighted by atomic mass is 32.2. The fourth-order valence-corrected chi connectivity index (χ4v) is 5.99. The highest BCUT2D eigenvalue weighted by Crippen LogP contribution is 2.33. The zero-order valence-corrected chi connectivity index (χ0v) is 17.5. The van der Waals surface area contributed by atoms with Crippen LogP contribution in [0.2, 0.25) is 0 Å². The number of likely N-dealkylation sites (tertiary alicyclic amines) is 1. The highest BCUT2D eigenvalue weighted by Gasteiger charge is 2.27. The number of anilines is 1. The van der Waals surface area contributed by atoms with Crippen LogP contribution in [0.3, 0.4) is 0 Å². The molecule has 0 radical (unpaired) electrons. The molecule has 1 atom stereocenters. The van der Waals surface area contributed by atoms with Crippen molar-refractivity contribution in [3.05, 3.63) is 29.3 Å². The topological polar surface area (TPSA) is 71.0 Å². The third-order valence-electron chi connectivity index (χ3n) is 4.49. The van der Waals surface area contributed by atoms with Crippen molar-refractivity contribution in [1.29, 1.82) is 0 Å². The number of aromatic nitrogens is 3. The van der Waals surface area contributed by atoms with Crippen LogP contribution in [0.1, 0.15) is 30.7 Å². The van der Waals surface area contributed by atoms with E-state index in [4.69, 9.17) is 4.98 Å². The van der Waals surface area contributed by atoms with Crippen molar-refractivity contribution < 1.29 is 4.79 Å². The Morgan fingerprint density at radius 1 is 1.33 bits per heavy atom. The summed E-state index contributed by atoms with van der Waals surface area (Å²) in [5, 5.41) is 13.3. The Labute approximate surface area is 170 Å². The van der Waals surface area contributed by atoms with Gasteiger partial charge in [-0.25, -0.2) is 4.98 Å². The number of rotatable bonds is 6. The van der Waals surface area contributed by atoms with E-state index in [1.165, 1.54) is 27.8 Å². The minimum absolute atomic E-state index is 0.172. The molecule has 6 nitrogen and oxygen atoms in total. The fraction of sp³-hybridized carbons (Fsp3) is 0.444. The second-order valence-corrected chi connectivity index (χ2v) is 9.65. The predicted molar refractivity (Wildman–Crippen MR) is 113 cm³/mol. The van der Waals surface area contributed by atoms with E-state index < -0.39 is 0 Å². The van der Waals surface area contributed by atoms with Crippen LogP contribution in [0, 0.1) is 0 Å². The number of nitrogens with one attached hydrogen (secondary N) is 1. The van der Waals surface area contributed by atoms with Crippen LogP contribution in [-0.2, 0) is 4.79 Å². The maximum atomic E-state index is 12.7. The van der Waals surface area contributed by atoms with Crippen LogP contribution in [-0.4, -0.2) is 51.4 Å². The summed E-state index contributed by atoms with van der Waals surface area (Å²) in [5.41, 5.74) is 1.06. The van der Waals surface area contributed by atoms with Gasteiger partial charge in [0.25, 0.3) is 0 Å². The van der Waals surface area contributed by atoms with Crippen molar-refractivity contribution in [1.82, 2.24) is 20.1 Å². The lowest BCUT2D eigenvalue weighted by Crippen LogP contribution is -2.40. The number of hydrogen-bond acceptors (Lipinski definition) is 8. The Hall–Kier alpha value is -1.71. The minimum atomic E-state index is 0.172. The molecule has 0 unspecified atom stereocenters. The normalized spacial score (nSPS) is 17.4. The molecule has 1 saturated heterocycles. The van der Waals surface area contributed by atoms with Gasteiger partial charge in [0.2, 0.25) is 11.0 Å². The van der Waals surface area contributed by atoms with Crippen LogP contribution in [0.25, 0.3) is 10.2 Å². The van der Waals surface area contributed by atoms with Gasteiger partial charge in [0, 0.05) is 25.6 Å². The van der Waals surface area contributed by atoms with Gasteiger partial charge < -0.3 is 10.2 Å². The van der Waals surface area contributed by atoms with Crippen LogP contribution >= 0.6 is 34.4 Å². The Balaban J connectivity index is 1.36. The van der Waals surface area contributed by atoms with Gasteiger partial charge in [0.1, 0.15) is 0 Å². The van der Waals surface area contributed by atoms with Crippen LogP contribution in [0.15, 0.2) is 28.6 Å². The van der Waals surface area contributed by atoms with E-state index >= 15 is 0 Å². The molecule has 142 valence electrons. The standard InChI is InChI=1S/C18H21N5OS3/c1-2-19-17-21-22-18(27-17)25-11-15(24)23-9-5-6-12(10-23)16-20-13-7-3-4-8-14(13)26-16/h3-4,7-8,12H,2,5-6,9-11H2,1H3,(H,19,21)/t12-/m0/s1. The molecule has 3 aromatic rings. The molecule has 1 fully saturated rings. The summed E-state index contributed by atoms with van der Waals surface area (Å²) >= 11 is 4.72. The maximum absolute atomic E-state index is 12.7. The second-order valence-electron chi connectivity index (χ2n) is 6.39. The molecular formula is C18H21N5OS3. The predicted octanol–water partition coefficient (Wildman–Crippen LogP) is 4.08. The molecule has 0 spiro atoms. The number of fused-ring (bicyclic) bond motifs is 1. The summed E-state index contributed by atoms with van der Waals surface area (Å²) < 4.78 is 2.05. The first kappa shape index (κ1) is 18.6. The van der Waals surface area contributed by atoms with E-state index in [1.54, 1.807) is 11.3 Å². The molecule has 0 aliphatic carbocycles. The molecule has 0 saturated carbocycles. The van der Waals surface area contributed by atoms with Crippen molar-refractivity contribution >= 4 is 55.7 Å². The van der Waals surface area contributed by atoms with E-state index in [1.807, 2.05) is 24.0 Å². The van der Waals surface area contributed by atoms with Gasteiger partial charge in [0.05, 0.1) is 21.0 Å². The zero-order valence-electron chi connectivity index (χ0n) is 15.1. The molecule has 9 heteroatoms. The maximum Gasteiger partial charge on any atom is 0.233 e. The number of carbonyl (C=O) groups excluding carboxylic acids is 1. The van der Waals surface area contributed by atoms with Gasteiger partial charge in [-0.15, -0.1) is 21.5 Å². The third kappa shape index (κ3) is 4.41. The van der Waals surface area contributed by atoms with Gasteiger partial charge in [-0.3, -0.25) is 4.79 Å². The number of amides is 1. The van der Waals surface area contributed by atoms with Gasteiger partial charge in [-0.05, 0) is 31.9 Å². The minimum Gasteiger partial charge on any atom is -0.360 e. The summed E-state index contributed by atoms with van der Waals surface area (Å²) in [4.78, 5) is 19.5. The van der Waals surface area contributed by atoms with Crippen LogP contribution in [0.5, 0.6) is 0 Å². The second kappa shape index (κ2) is 8.53. The number of thioether (sulfide) groups is 1. The van der Waals surface area contributed by atoms with Crippen molar-refractivity contribution in [3.63, 3.8) is 0 Å². The number of piperidine rings is 1. The SMILES string of the molecule is CCNc1nnc(SCC(=O)N2CCC[C@H](c3nc4ccccc4s3)C2)s1. The molecule has 2 aromatic heterocycles. The molecule has 3 heterocycles. The Morgan fingerprint density at radius 3 is 3.07 bits per heavy atom. The van der Waals surface area contributed by atoms with Crippen LogP contribution < -0.4 is 5.32 Å². The summed E-state index contributed by atoms with van der Waals surface area (Å²) in [6.45, 7) is 4.44. The first-order valence-electron chi connectivity index (χ1n) is 9.06. The van der Waals surface area contributed by atoms with Crippen molar-refractivity contribution in [2.75, 3.05) is 30.7 Å². The van der Waals surface area contributed by atoms with Gasteiger partial charge >= 0.3 is 0 Å². The lowest BCUT2D eigenvalue weighted by atomic mass is 9.99. The quantitative estimate of drug-likeness (QED) is 0.607. The summed E-state index contributed by atoms with van der Waals surface area (Å²) in [5.74, 6) is 0.922. The lowest BCUT2D eigenvalue weighted by molar-refractivity contribution is -0.129. The Morgan fingerprint density at radius 2 is 2.22 bits per heavy atom. The first-order chi connectivity index (χ1) is 13.2. The van der Waals surface area contributed by atoms with E-state index in [2.05, 4.69) is 27.6 Å². The fourth-order valence-electron chi connectivity index (χ4n) is 3.18. The van der Waals surface area contributed by atoms with Gasteiger partial charge in [-0.2, -0.15) is 0 Å². The number of benzene rings is 1. The Bertz CT molecular complexity index is 892. The molecule has 0 bridgehead atoms. The average Bonchev–Trinajstić information content (AvgIpc) is 3.33. The highest BCUT2D eigenvalue weighted by molar-refractivity contribution is 8.01. The van der Waals surface area contributed by atoms with E-state index in [9.17, 15) is 4.79 Å². The number of para-hydroxylation sites is 1. The summed E-state index contributed by atoms with van der Waals surface area (Å²) in [7, 11) is 0. The molecule has 1 aliphatic rings. The summed E-state index contributed by atoms with van der Waals surface area (Å²) in [6, 6.07) is 8.24. The van der Waals surface area contributed by atoms with Crippen molar-refractivity contribution in [2.24, 2.45) is 0 Å². The number of nitrogens with zero attached hydrogens (tertiary/aromatic N) is 4. The largest absolute Gasteiger partial charge is 0.360 e. The first-order valence-corrected chi connectivity index (χ1v) is 11.7. The summed E-state index contributed by atoms with van der Waals surface area (Å²) in [6.07, 6.45) is 2.12.